The van der Waals surface area contributed by atoms with E-state index in [-0.39, 0.29) is 5.97 Å². The first kappa shape index (κ1) is 19.8. The number of aryl methyl sites for hydroxylation is 1. The molecule has 156 valence electrons. The summed E-state index contributed by atoms with van der Waals surface area (Å²) >= 11 is 0. The van der Waals surface area contributed by atoms with E-state index < -0.39 is 0 Å². The van der Waals surface area contributed by atoms with Crippen LogP contribution in [0.4, 0.5) is 0 Å². The molecule has 0 saturated heterocycles. The predicted octanol–water partition coefficient (Wildman–Crippen LogP) is 6.28. The van der Waals surface area contributed by atoms with Crippen LogP contribution in [0.15, 0.2) is 103 Å². The Labute approximate surface area is 186 Å². The van der Waals surface area contributed by atoms with Gasteiger partial charge in [0.2, 0.25) is 0 Å². The average Bonchev–Trinajstić information content (AvgIpc) is 3.18. The van der Waals surface area contributed by atoms with Crippen molar-refractivity contribution < 1.29 is 9.53 Å². The number of hydrogen-bond donors (Lipinski definition) is 0. The third-order valence-electron chi connectivity index (χ3n) is 5.41. The smallest absolute Gasteiger partial charge is 0.343 e. The third kappa shape index (κ3) is 4.03. The number of hydrogen-bond acceptors (Lipinski definition) is 3. The molecular weight excluding hydrogens is 396 g/mol. The van der Waals surface area contributed by atoms with Crippen molar-refractivity contribution in [3.8, 4) is 17.1 Å². The zero-order chi connectivity index (χ0) is 21.9. The molecule has 0 aliphatic rings. The lowest BCUT2D eigenvalue weighted by Crippen LogP contribution is -2.08. The minimum Gasteiger partial charge on any atom is -0.423 e. The number of carbonyl (C=O) groups is 1. The number of para-hydroxylation sites is 2. The highest BCUT2D eigenvalue weighted by Crippen LogP contribution is 2.27. The van der Waals surface area contributed by atoms with Gasteiger partial charge in [0.15, 0.2) is 0 Å². The van der Waals surface area contributed by atoms with Crippen LogP contribution in [-0.4, -0.2) is 15.5 Å². The number of ether oxygens (including phenoxy) is 1. The maximum absolute atomic E-state index is 12.5. The molecule has 0 radical (unpaired) electrons. The lowest BCUT2D eigenvalue weighted by Gasteiger charge is -2.10. The normalized spacial score (nSPS) is 10.9. The summed E-state index contributed by atoms with van der Waals surface area (Å²) in [6.45, 7) is 2.67. The van der Waals surface area contributed by atoms with Crippen molar-refractivity contribution in [2.45, 2.75) is 13.5 Å². The van der Waals surface area contributed by atoms with Gasteiger partial charge in [0.25, 0.3) is 0 Å². The summed E-state index contributed by atoms with van der Waals surface area (Å²) in [5.74, 6) is 1.02. The molecule has 0 aliphatic carbocycles. The minimum atomic E-state index is -0.363. The highest BCUT2D eigenvalue weighted by molar-refractivity contribution is 5.91. The summed E-state index contributed by atoms with van der Waals surface area (Å²) in [5.41, 5.74) is 5.77. The van der Waals surface area contributed by atoms with Gasteiger partial charge in [-0.25, -0.2) is 9.78 Å². The highest BCUT2D eigenvalue weighted by atomic mass is 16.5. The first-order valence-electron chi connectivity index (χ1n) is 10.6. The summed E-state index contributed by atoms with van der Waals surface area (Å²) in [4.78, 5) is 17.3. The largest absolute Gasteiger partial charge is 0.423 e. The second kappa shape index (κ2) is 8.52. The quantitative estimate of drug-likeness (QED) is 0.249. The molecule has 4 nitrogen and oxygen atoms in total. The number of carbonyl (C=O) groups excluding carboxylic acids is 1. The van der Waals surface area contributed by atoms with Crippen molar-refractivity contribution in [2.24, 2.45) is 0 Å². The number of fused-ring (bicyclic) bond motifs is 1. The van der Waals surface area contributed by atoms with E-state index in [0.29, 0.717) is 11.3 Å². The molecule has 0 amide bonds. The van der Waals surface area contributed by atoms with Gasteiger partial charge < -0.3 is 9.30 Å². The number of rotatable bonds is 5. The highest BCUT2D eigenvalue weighted by Gasteiger charge is 2.14. The summed E-state index contributed by atoms with van der Waals surface area (Å²) in [6, 6.07) is 33.4. The maximum Gasteiger partial charge on any atom is 0.343 e. The number of imidazole rings is 1. The molecule has 4 heteroatoms. The molecule has 0 N–H and O–H groups in total. The fourth-order valence-corrected chi connectivity index (χ4v) is 3.83. The Morgan fingerprint density at radius 1 is 0.844 bits per heavy atom. The fourth-order valence-electron chi connectivity index (χ4n) is 3.83. The van der Waals surface area contributed by atoms with E-state index >= 15 is 0 Å². The first-order valence-corrected chi connectivity index (χ1v) is 10.6. The van der Waals surface area contributed by atoms with Crippen molar-refractivity contribution in [1.82, 2.24) is 9.55 Å². The molecule has 0 fully saturated rings. The Morgan fingerprint density at radius 2 is 1.59 bits per heavy atom. The van der Waals surface area contributed by atoms with Crippen molar-refractivity contribution in [1.29, 1.82) is 0 Å². The zero-order valence-corrected chi connectivity index (χ0v) is 17.7. The number of nitrogens with zero attached hydrogens (tertiary/aromatic N) is 2. The molecule has 1 heterocycles. The van der Waals surface area contributed by atoms with Crippen LogP contribution in [0.25, 0.3) is 22.4 Å². The van der Waals surface area contributed by atoms with Crippen LogP contribution in [0.3, 0.4) is 0 Å². The van der Waals surface area contributed by atoms with Crippen molar-refractivity contribution >= 4 is 17.0 Å². The number of benzene rings is 4. The molecule has 4 aromatic carbocycles. The van der Waals surface area contributed by atoms with E-state index in [1.165, 1.54) is 5.56 Å². The second-order valence-corrected chi connectivity index (χ2v) is 7.78. The van der Waals surface area contributed by atoms with Crippen molar-refractivity contribution in [2.75, 3.05) is 0 Å². The standard InChI is InChI=1S/C28H22N2O2/c1-20-8-7-11-23(18-20)28(31)32-24-16-14-22(15-17-24)27-29-25-12-5-6-13-26(25)30(27)19-21-9-3-2-4-10-21/h2-18H,19H2,1H3. The molecule has 0 aliphatic heterocycles. The lowest BCUT2D eigenvalue weighted by molar-refractivity contribution is 0.0734. The van der Waals surface area contributed by atoms with Gasteiger partial charge in [-0.2, -0.15) is 0 Å². The molecular formula is C28H22N2O2. The van der Waals surface area contributed by atoms with Crippen LogP contribution in [0.1, 0.15) is 21.5 Å². The van der Waals surface area contributed by atoms with Crippen molar-refractivity contribution in [3.63, 3.8) is 0 Å². The molecule has 5 aromatic rings. The summed E-state index contributed by atoms with van der Waals surface area (Å²) in [5, 5.41) is 0. The van der Waals surface area contributed by atoms with Crippen LogP contribution in [-0.2, 0) is 6.54 Å². The van der Waals surface area contributed by atoms with E-state index in [4.69, 9.17) is 9.72 Å². The van der Waals surface area contributed by atoms with E-state index in [0.717, 1.165) is 34.5 Å². The van der Waals surface area contributed by atoms with Gasteiger partial charge >= 0.3 is 5.97 Å². The Hall–Kier alpha value is -4.18. The minimum absolute atomic E-state index is 0.363. The Kier molecular flexibility index (Phi) is 5.26. The molecule has 0 unspecified atom stereocenters. The van der Waals surface area contributed by atoms with Crippen LogP contribution in [0, 0.1) is 6.92 Å². The Bertz CT molecular complexity index is 1390. The Balaban J connectivity index is 1.45. The molecule has 0 saturated carbocycles. The van der Waals surface area contributed by atoms with Gasteiger partial charge in [-0.3, -0.25) is 0 Å². The van der Waals surface area contributed by atoms with E-state index in [9.17, 15) is 4.79 Å². The van der Waals surface area contributed by atoms with Crippen LogP contribution < -0.4 is 4.74 Å². The first-order chi connectivity index (χ1) is 15.7. The maximum atomic E-state index is 12.5. The zero-order valence-electron chi connectivity index (χ0n) is 17.7. The summed E-state index contributed by atoms with van der Waals surface area (Å²) in [7, 11) is 0. The topological polar surface area (TPSA) is 44.1 Å². The van der Waals surface area contributed by atoms with Gasteiger partial charge in [0.05, 0.1) is 16.6 Å². The van der Waals surface area contributed by atoms with E-state index in [2.05, 4.69) is 22.8 Å². The SMILES string of the molecule is Cc1cccc(C(=O)Oc2ccc(-c3nc4ccccc4n3Cc3ccccc3)cc2)c1. The van der Waals surface area contributed by atoms with Gasteiger partial charge in [-0.15, -0.1) is 0 Å². The second-order valence-electron chi connectivity index (χ2n) is 7.78. The van der Waals surface area contributed by atoms with Crippen LogP contribution >= 0.6 is 0 Å². The van der Waals surface area contributed by atoms with Gasteiger partial charge in [-0.1, -0.05) is 60.2 Å². The van der Waals surface area contributed by atoms with Crippen molar-refractivity contribution in [3.05, 3.63) is 120 Å². The third-order valence-corrected chi connectivity index (χ3v) is 5.41. The monoisotopic (exact) mass is 418 g/mol. The molecule has 0 atom stereocenters. The molecule has 1 aromatic heterocycles. The number of esters is 1. The summed E-state index contributed by atoms with van der Waals surface area (Å²) < 4.78 is 7.79. The average molecular weight is 418 g/mol. The fraction of sp³-hybridized carbons (Fsp3) is 0.0714. The lowest BCUT2D eigenvalue weighted by atomic mass is 10.1. The van der Waals surface area contributed by atoms with E-state index in [1.54, 1.807) is 6.07 Å². The predicted molar refractivity (Wildman–Crippen MR) is 127 cm³/mol. The van der Waals surface area contributed by atoms with Gasteiger partial charge in [0.1, 0.15) is 11.6 Å². The molecule has 0 bridgehead atoms. The van der Waals surface area contributed by atoms with E-state index in [1.807, 2.05) is 85.8 Å². The summed E-state index contributed by atoms with van der Waals surface area (Å²) in [6.07, 6.45) is 0. The van der Waals surface area contributed by atoms with Gasteiger partial charge in [-0.05, 0) is 61.0 Å². The van der Waals surface area contributed by atoms with Crippen LogP contribution in [0.2, 0.25) is 0 Å². The molecule has 5 rings (SSSR count). The number of aromatic nitrogens is 2. The molecule has 32 heavy (non-hydrogen) atoms. The Morgan fingerprint density at radius 3 is 2.38 bits per heavy atom. The molecule has 0 spiro atoms. The van der Waals surface area contributed by atoms with Crippen LogP contribution in [0.5, 0.6) is 5.75 Å². The van der Waals surface area contributed by atoms with Gasteiger partial charge in [0, 0.05) is 12.1 Å².